The molecule has 0 radical (unpaired) electrons. The van der Waals surface area contributed by atoms with E-state index in [2.05, 4.69) is 0 Å². The van der Waals surface area contributed by atoms with Gasteiger partial charge in [-0.3, -0.25) is 4.79 Å². The summed E-state index contributed by atoms with van der Waals surface area (Å²) in [5.74, 6) is -4.44. The van der Waals surface area contributed by atoms with Crippen LogP contribution in [0.2, 0.25) is 0 Å². The highest BCUT2D eigenvalue weighted by molar-refractivity contribution is 5.97. The molecule has 104 valence electrons. The number of carbonyl (C=O) groups excluding carboxylic acids is 1. The van der Waals surface area contributed by atoms with Gasteiger partial charge in [0.05, 0.1) is 5.56 Å². The third-order valence-electron chi connectivity index (χ3n) is 2.90. The standard InChI is InChI=1S/C15H10F4O/c1-8-4-10(13(18)7-12(8)17)15(20)6-9-2-3-11(16)14(19)5-9/h2-5,7H,6H2,1H3. The van der Waals surface area contributed by atoms with Crippen LogP contribution in [0.5, 0.6) is 0 Å². The molecule has 0 unspecified atom stereocenters. The minimum atomic E-state index is -1.08. The molecular formula is C15H10F4O. The van der Waals surface area contributed by atoms with Gasteiger partial charge in [0.15, 0.2) is 17.4 Å². The molecule has 0 bridgehead atoms. The summed E-state index contributed by atoms with van der Waals surface area (Å²) < 4.78 is 52.4. The summed E-state index contributed by atoms with van der Waals surface area (Å²) in [6.45, 7) is 1.41. The van der Waals surface area contributed by atoms with Gasteiger partial charge < -0.3 is 0 Å². The first-order valence-electron chi connectivity index (χ1n) is 5.81. The van der Waals surface area contributed by atoms with Crippen LogP contribution in [0, 0.1) is 30.2 Å². The lowest BCUT2D eigenvalue weighted by Gasteiger charge is -2.06. The number of benzene rings is 2. The van der Waals surface area contributed by atoms with Gasteiger partial charge in [-0.2, -0.15) is 0 Å². The van der Waals surface area contributed by atoms with Crippen molar-refractivity contribution in [2.24, 2.45) is 0 Å². The van der Waals surface area contributed by atoms with Crippen LogP contribution in [0.4, 0.5) is 17.6 Å². The summed E-state index contributed by atoms with van der Waals surface area (Å²) in [6, 6.07) is 4.75. The number of ketones is 1. The minimum Gasteiger partial charge on any atom is -0.294 e. The molecule has 2 rings (SSSR count). The predicted molar refractivity (Wildman–Crippen MR) is 65.5 cm³/mol. The van der Waals surface area contributed by atoms with Crippen molar-refractivity contribution in [2.75, 3.05) is 0 Å². The lowest BCUT2D eigenvalue weighted by Crippen LogP contribution is -2.08. The van der Waals surface area contributed by atoms with E-state index >= 15 is 0 Å². The summed E-state index contributed by atoms with van der Waals surface area (Å²) in [7, 11) is 0. The Kier molecular flexibility index (Phi) is 3.88. The summed E-state index contributed by atoms with van der Waals surface area (Å²) in [6.07, 6.45) is -0.292. The van der Waals surface area contributed by atoms with Crippen LogP contribution in [0.3, 0.4) is 0 Å². The Hall–Kier alpha value is -2.17. The van der Waals surface area contributed by atoms with Crippen molar-refractivity contribution in [2.45, 2.75) is 13.3 Å². The molecular weight excluding hydrogens is 272 g/mol. The zero-order valence-corrected chi connectivity index (χ0v) is 10.5. The molecule has 0 amide bonds. The van der Waals surface area contributed by atoms with Crippen LogP contribution in [0.25, 0.3) is 0 Å². The van der Waals surface area contributed by atoms with E-state index in [0.29, 0.717) is 6.07 Å². The average molecular weight is 282 g/mol. The van der Waals surface area contributed by atoms with Crippen molar-refractivity contribution < 1.29 is 22.4 Å². The molecule has 2 aromatic carbocycles. The Bertz CT molecular complexity index is 680. The molecule has 1 nitrogen and oxygen atoms in total. The molecule has 20 heavy (non-hydrogen) atoms. The van der Waals surface area contributed by atoms with E-state index in [1.807, 2.05) is 0 Å². The highest BCUT2D eigenvalue weighted by atomic mass is 19.2. The number of halogens is 4. The van der Waals surface area contributed by atoms with Gasteiger partial charge in [0.2, 0.25) is 0 Å². The van der Waals surface area contributed by atoms with Crippen molar-refractivity contribution in [3.05, 3.63) is 70.3 Å². The third-order valence-corrected chi connectivity index (χ3v) is 2.90. The third kappa shape index (κ3) is 2.87. The SMILES string of the molecule is Cc1cc(C(=O)Cc2ccc(F)c(F)c2)c(F)cc1F. The molecule has 0 spiro atoms. The molecule has 0 saturated carbocycles. The first-order valence-corrected chi connectivity index (χ1v) is 5.81. The van der Waals surface area contributed by atoms with Crippen LogP contribution in [-0.2, 0) is 6.42 Å². The van der Waals surface area contributed by atoms with E-state index in [-0.39, 0.29) is 23.1 Å². The topological polar surface area (TPSA) is 17.1 Å². The van der Waals surface area contributed by atoms with Gasteiger partial charge in [-0.15, -0.1) is 0 Å². The molecule has 0 aliphatic heterocycles. The number of hydrogen-bond donors (Lipinski definition) is 0. The maximum Gasteiger partial charge on any atom is 0.170 e. The van der Waals surface area contributed by atoms with Gasteiger partial charge in [-0.05, 0) is 36.2 Å². The fraction of sp³-hybridized carbons (Fsp3) is 0.133. The summed E-state index contributed by atoms with van der Waals surface area (Å²) in [5.41, 5.74) is 0.0870. The number of hydrogen-bond acceptors (Lipinski definition) is 1. The first-order chi connectivity index (χ1) is 9.38. The van der Waals surface area contributed by atoms with E-state index in [9.17, 15) is 22.4 Å². The highest BCUT2D eigenvalue weighted by Gasteiger charge is 2.15. The molecule has 0 aliphatic carbocycles. The van der Waals surface area contributed by atoms with Crippen LogP contribution >= 0.6 is 0 Å². The Balaban J connectivity index is 2.28. The second-order valence-electron chi connectivity index (χ2n) is 4.43. The van der Waals surface area contributed by atoms with Crippen LogP contribution in [-0.4, -0.2) is 5.78 Å². The monoisotopic (exact) mass is 282 g/mol. The molecule has 0 heterocycles. The van der Waals surface area contributed by atoms with Gasteiger partial charge in [0.1, 0.15) is 11.6 Å². The van der Waals surface area contributed by atoms with Crippen LogP contribution in [0.15, 0.2) is 30.3 Å². The van der Waals surface area contributed by atoms with Crippen molar-refractivity contribution in [3.8, 4) is 0 Å². The normalized spacial score (nSPS) is 10.7. The second-order valence-corrected chi connectivity index (χ2v) is 4.43. The van der Waals surface area contributed by atoms with Crippen molar-refractivity contribution in [3.63, 3.8) is 0 Å². The summed E-state index contributed by atoms with van der Waals surface area (Å²) in [5, 5.41) is 0. The fourth-order valence-corrected chi connectivity index (χ4v) is 1.80. The Labute approximate surface area is 112 Å². The predicted octanol–water partition coefficient (Wildman–Crippen LogP) is 3.98. The van der Waals surface area contributed by atoms with Gasteiger partial charge in [0.25, 0.3) is 0 Å². The van der Waals surface area contributed by atoms with Gasteiger partial charge >= 0.3 is 0 Å². The fourth-order valence-electron chi connectivity index (χ4n) is 1.80. The van der Waals surface area contributed by atoms with Gasteiger partial charge in [-0.25, -0.2) is 17.6 Å². The largest absolute Gasteiger partial charge is 0.294 e. The second kappa shape index (κ2) is 5.45. The minimum absolute atomic E-state index is 0.139. The van der Waals surface area contributed by atoms with Crippen molar-refractivity contribution in [1.29, 1.82) is 0 Å². The summed E-state index contributed by atoms with van der Waals surface area (Å²) >= 11 is 0. The molecule has 0 atom stereocenters. The molecule has 5 heteroatoms. The first kappa shape index (κ1) is 14.2. The highest BCUT2D eigenvalue weighted by Crippen LogP contribution is 2.17. The smallest absolute Gasteiger partial charge is 0.170 e. The Morgan fingerprint density at radius 2 is 1.60 bits per heavy atom. The van der Waals surface area contributed by atoms with E-state index in [1.54, 1.807) is 0 Å². The van der Waals surface area contributed by atoms with E-state index in [0.717, 1.165) is 18.2 Å². The zero-order chi connectivity index (χ0) is 14.9. The number of rotatable bonds is 3. The average Bonchev–Trinajstić information content (AvgIpc) is 2.38. The number of carbonyl (C=O) groups is 1. The zero-order valence-electron chi connectivity index (χ0n) is 10.5. The van der Waals surface area contributed by atoms with E-state index in [1.165, 1.54) is 13.0 Å². The Morgan fingerprint density at radius 3 is 2.25 bits per heavy atom. The molecule has 0 aliphatic rings. The molecule has 0 fully saturated rings. The summed E-state index contributed by atoms with van der Waals surface area (Å²) in [4.78, 5) is 11.9. The van der Waals surface area contributed by atoms with Crippen molar-refractivity contribution >= 4 is 5.78 Å². The van der Waals surface area contributed by atoms with Gasteiger partial charge in [-0.1, -0.05) is 6.07 Å². The molecule has 0 aromatic heterocycles. The quantitative estimate of drug-likeness (QED) is 0.615. The van der Waals surface area contributed by atoms with Gasteiger partial charge in [0, 0.05) is 12.5 Å². The molecule has 0 saturated heterocycles. The van der Waals surface area contributed by atoms with Crippen molar-refractivity contribution in [1.82, 2.24) is 0 Å². The number of aryl methyl sites for hydroxylation is 1. The maximum atomic E-state index is 13.5. The number of Topliss-reactive ketones (excluding diaryl/α,β-unsaturated/α-hetero) is 1. The van der Waals surface area contributed by atoms with E-state index < -0.39 is 29.1 Å². The molecule has 2 aromatic rings. The molecule has 0 N–H and O–H groups in total. The Morgan fingerprint density at radius 1 is 0.900 bits per heavy atom. The lowest BCUT2D eigenvalue weighted by molar-refractivity contribution is 0.0989. The lowest BCUT2D eigenvalue weighted by atomic mass is 10.0. The van der Waals surface area contributed by atoms with E-state index in [4.69, 9.17) is 0 Å². The van der Waals surface area contributed by atoms with Crippen LogP contribution in [0.1, 0.15) is 21.5 Å². The van der Waals surface area contributed by atoms with Crippen LogP contribution < -0.4 is 0 Å². The maximum absolute atomic E-state index is 13.5.